The predicted molar refractivity (Wildman–Crippen MR) is 44.0 cm³/mol. The molecule has 3 nitrogen and oxygen atoms in total. The number of carbonyl (C=O) groups is 1. The molecule has 0 unspecified atom stereocenters. The highest BCUT2D eigenvalue weighted by Gasteiger charge is 2.15. The number of anilines is 1. The first-order chi connectivity index (χ1) is 6.06. The minimum Gasteiger partial charge on any atom is -0.396 e. The molecule has 0 radical (unpaired) electrons. The van der Waals surface area contributed by atoms with Gasteiger partial charge in [0.1, 0.15) is 5.69 Å². The number of halogens is 3. The van der Waals surface area contributed by atoms with Crippen LogP contribution in [0, 0.1) is 0 Å². The number of pyridine rings is 1. The van der Waals surface area contributed by atoms with Crippen molar-refractivity contribution in [1.82, 2.24) is 4.98 Å². The number of rotatable bonds is 2. The summed E-state index contributed by atoms with van der Waals surface area (Å²) in [5, 5.41) is -0.278. The summed E-state index contributed by atoms with van der Waals surface area (Å²) in [5.41, 5.74) is 4.30. The number of carbonyl (C=O) groups excluding carboxylic acids is 1. The van der Waals surface area contributed by atoms with Gasteiger partial charge in [0.25, 0.3) is 6.43 Å². The molecule has 0 fully saturated rings. The Balaban J connectivity index is 3.32. The number of aromatic nitrogens is 1. The molecule has 0 atom stereocenters. The van der Waals surface area contributed by atoms with Crippen LogP contribution >= 0.6 is 11.6 Å². The van der Waals surface area contributed by atoms with Crippen LogP contribution in [-0.4, -0.2) is 11.3 Å². The van der Waals surface area contributed by atoms with Crippen molar-refractivity contribution in [1.29, 1.82) is 0 Å². The van der Waals surface area contributed by atoms with Gasteiger partial charge in [0.05, 0.1) is 5.69 Å². The molecule has 0 aliphatic rings. The van der Waals surface area contributed by atoms with E-state index in [0.29, 0.717) is 6.29 Å². The SMILES string of the molecule is Nc1c(C(F)F)cc(C=O)nc1Cl. The lowest BCUT2D eigenvalue weighted by Crippen LogP contribution is -2.00. The van der Waals surface area contributed by atoms with Gasteiger partial charge in [-0.2, -0.15) is 0 Å². The Labute approximate surface area is 77.5 Å². The third kappa shape index (κ3) is 1.92. The van der Waals surface area contributed by atoms with Gasteiger partial charge in [-0.15, -0.1) is 0 Å². The monoisotopic (exact) mass is 206 g/mol. The van der Waals surface area contributed by atoms with Gasteiger partial charge >= 0.3 is 0 Å². The van der Waals surface area contributed by atoms with Crippen LogP contribution in [0.25, 0.3) is 0 Å². The van der Waals surface area contributed by atoms with Crippen LogP contribution < -0.4 is 5.73 Å². The lowest BCUT2D eigenvalue weighted by Gasteiger charge is -2.05. The van der Waals surface area contributed by atoms with E-state index in [4.69, 9.17) is 17.3 Å². The van der Waals surface area contributed by atoms with Gasteiger partial charge in [-0.25, -0.2) is 13.8 Å². The molecule has 70 valence electrons. The van der Waals surface area contributed by atoms with Crippen molar-refractivity contribution in [2.75, 3.05) is 5.73 Å². The molecule has 13 heavy (non-hydrogen) atoms. The van der Waals surface area contributed by atoms with E-state index in [0.717, 1.165) is 6.07 Å². The average molecular weight is 207 g/mol. The summed E-state index contributed by atoms with van der Waals surface area (Å²) in [5.74, 6) is 0. The zero-order chi connectivity index (χ0) is 10.0. The lowest BCUT2D eigenvalue weighted by molar-refractivity contribution is 0.111. The van der Waals surface area contributed by atoms with E-state index in [9.17, 15) is 13.6 Å². The third-order valence-corrected chi connectivity index (χ3v) is 1.71. The Morgan fingerprint density at radius 3 is 2.69 bits per heavy atom. The van der Waals surface area contributed by atoms with E-state index in [2.05, 4.69) is 4.98 Å². The predicted octanol–water partition coefficient (Wildman–Crippen LogP) is 2.07. The first-order valence-electron chi connectivity index (χ1n) is 3.25. The van der Waals surface area contributed by atoms with Gasteiger partial charge < -0.3 is 5.73 Å². The van der Waals surface area contributed by atoms with Gasteiger partial charge in [0.15, 0.2) is 11.4 Å². The van der Waals surface area contributed by atoms with Gasteiger partial charge in [0, 0.05) is 5.56 Å². The summed E-state index contributed by atoms with van der Waals surface area (Å²) in [6.07, 6.45) is -2.43. The number of hydrogen-bond donors (Lipinski definition) is 1. The molecule has 1 rings (SSSR count). The van der Waals surface area contributed by atoms with Crippen molar-refractivity contribution in [3.63, 3.8) is 0 Å². The van der Waals surface area contributed by atoms with Gasteiger partial charge in [-0.05, 0) is 6.07 Å². The van der Waals surface area contributed by atoms with E-state index >= 15 is 0 Å². The van der Waals surface area contributed by atoms with Crippen LogP contribution in [0.3, 0.4) is 0 Å². The van der Waals surface area contributed by atoms with Crippen LogP contribution in [0.2, 0.25) is 5.15 Å². The first-order valence-corrected chi connectivity index (χ1v) is 3.63. The van der Waals surface area contributed by atoms with Crippen molar-refractivity contribution in [3.05, 3.63) is 22.5 Å². The normalized spacial score (nSPS) is 10.5. The zero-order valence-corrected chi connectivity index (χ0v) is 7.05. The van der Waals surface area contributed by atoms with Crippen LogP contribution in [-0.2, 0) is 0 Å². The number of nitrogens with two attached hydrogens (primary N) is 1. The Morgan fingerprint density at radius 2 is 2.23 bits per heavy atom. The van der Waals surface area contributed by atoms with Crippen molar-refractivity contribution in [3.8, 4) is 0 Å². The largest absolute Gasteiger partial charge is 0.396 e. The third-order valence-electron chi connectivity index (χ3n) is 1.42. The fourth-order valence-electron chi connectivity index (χ4n) is 0.803. The minimum atomic E-state index is -2.76. The molecule has 0 aliphatic heterocycles. The summed E-state index contributed by atoms with van der Waals surface area (Å²) in [4.78, 5) is 13.7. The van der Waals surface area contributed by atoms with E-state index < -0.39 is 12.0 Å². The molecule has 1 heterocycles. The summed E-state index contributed by atoms with van der Waals surface area (Å²) >= 11 is 5.41. The Kier molecular flexibility index (Phi) is 2.77. The smallest absolute Gasteiger partial charge is 0.266 e. The summed E-state index contributed by atoms with van der Waals surface area (Å²) in [6.45, 7) is 0. The van der Waals surface area contributed by atoms with Crippen LogP contribution in [0.5, 0.6) is 0 Å². The summed E-state index contributed by atoms with van der Waals surface area (Å²) < 4.78 is 24.5. The second-order valence-corrected chi connectivity index (χ2v) is 2.62. The minimum absolute atomic E-state index is 0.158. The van der Waals surface area contributed by atoms with Gasteiger partial charge in [0.2, 0.25) is 0 Å². The summed E-state index contributed by atoms with van der Waals surface area (Å²) in [7, 11) is 0. The van der Waals surface area contributed by atoms with E-state index in [1.165, 1.54) is 0 Å². The maximum absolute atomic E-state index is 12.2. The van der Waals surface area contributed by atoms with Crippen LogP contribution in [0.4, 0.5) is 14.5 Å². The molecule has 0 saturated carbocycles. The molecule has 1 aromatic rings. The highest BCUT2D eigenvalue weighted by atomic mass is 35.5. The highest BCUT2D eigenvalue weighted by Crippen LogP contribution is 2.29. The van der Waals surface area contributed by atoms with Crippen molar-refractivity contribution < 1.29 is 13.6 Å². The Bertz CT molecular complexity index is 344. The topological polar surface area (TPSA) is 56.0 Å². The number of nitrogen functional groups attached to an aromatic ring is 1. The van der Waals surface area contributed by atoms with E-state index in [1.807, 2.05) is 0 Å². The van der Waals surface area contributed by atoms with Gasteiger partial charge in [-0.1, -0.05) is 11.6 Å². The Hall–Kier alpha value is -1.23. The molecule has 0 spiro atoms. The molecule has 2 N–H and O–H groups in total. The summed E-state index contributed by atoms with van der Waals surface area (Å²) in [6, 6.07) is 0.916. The number of nitrogens with zero attached hydrogens (tertiary/aromatic N) is 1. The van der Waals surface area contributed by atoms with Crippen molar-refractivity contribution >= 4 is 23.6 Å². The first kappa shape index (κ1) is 9.85. The maximum Gasteiger partial charge on any atom is 0.266 e. The van der Waals surface area contributed by atoms with Crippen molar-refractivity contribution in [2.24, 2.45) is 0 Å². The van der Waals surface area contributed by atoms with E-state index in [1.54, 1.807) is 0 Å². The van der Waals surface area contributed by atoms with E-state index in [-0.39, 0.29) is 16.5 Å². The fraction of sp³-hybridized carbons (Fsp3) is 0.143. The number of alkyl halides is 2. The molecule has 0 bridgehead atoms. The molecule has 0 aliphatic carbocycles. The quantitative estimate of drug-likeness (QED) is 0.595. The molecular weight excluding hydrogens is 202 g/mol. The van der Waals surface area contributed by atoms with Crippen LogP contribution in [0.1, 0.15) is 22.5 Å². The molecular formula is C7H5ClF2N2O. The fourth-order valence-corrected chi connectivity index (χ4v) is 1.01. The Morgan fingerprint density at radius 1 is 1.62 bits per heavy atom. The molecule has 0 amide bonds. The molecule has 1 aromatic heterocycles. The second kappa shape index (κ2) is 3.66. The molecule has 0 saturated heterocycles. The maximum atomic E-state index is 12.2. The zero-order valence-electron chi connectivity index (χ0n) is 6.30. The van der Waals surface area contributed by atoms with Gasteiger partial charge in [-0.3, -0.25) is 4.79 Å². The molecule has 6 heteroatoms. The highest BCUT2D eigenvalue weighted by molar-refractivity contribution is 6.32. The lowest BCUT2D eigenvalue weighted by atomic mass is 10.2. The van der Waals surface area contributed by atoms with Crippen LogP contribution in [0.15, 0.2) is 6.07 Å². The second-order valence-electron chi connectivity index (χ2n) is 2.26. The average Bonchev–Trinajstić information content (AvgIpc) is 2.09. The standard InChI is InChI=1S/C7H5ClF2N2O/c8-6-5(11)4(7(9)10)1-3(2-13)12-6/h1-2,7H,11H2. The molecule has 0 aromatic carbocycles. The van der Waals surface area contributed by atoms with Crippen molar-refractivity contribution in [2.45, 2.75) is 6.43 Å². The number of aldehydes is 1. The number of hydrogen-bond acceptors (Lipinski definition) is 3.